The van der Waals surface area contributed by atoms with Gasteiger partial charge in [-0.3, -0.25) is 4.90 Å². The van der Waals surface area contributed by atoms with Crippen LogP contribution in [-0.2, 0) is 6.18 Å². The fourth-order valence-corrected chi connectivity index (χ4v) is 3.64. The van der Waals surface area contributed by atoms with Crippen molar-refractivity contribution in [1.29, 1.82) is 0 Å². The highest BCUT2D eigenvalue weighted by Gasteiger charge is 2.31. The normalized spacial score (nSPS) is 16.1. The van der Waals surface area contributed by atoms with E-state index in [-0.39, 0.29) is 18.8 Å². The Morgan fingerprint density at radius 1 is 0.971 bits per heavy atom. The minimum Gasteiger partial charge on any atom is -0.358 e. The van der Waals surface area contributed by atoms with Crippen LogP contribution in [0.2, 0.25) is 0 Å². The molecule has 1 aromatic carbocycles. The number of pyridine rings is 1. The number of nitrogens with one attached hydrogen (secondary N) is 3. The number of hydrogen-bond acceptors (Lipinski definition) is 4. The topological polar surface area (TPSA) is 76.3 Å². The Balaban J connectivity index is 1.42. The molecule has 1 saturated heterocycles. The molecule has 1 fully saturated rings. The predicted octanol–water partition coefficient (Wildman–Crippen LogP) is 4.91. The molecule has 2 amide bonds. The average Bonchev–Trinajstić information content (AvgIpc) is 3.20. The molecule has 0 aliphatic carbocycles. The quantitative estimate of drug-likeness (QED) is 0.354. The van der Waals surface area contributed by atoms with E-state index >= 15 is 0 Å². The van der Waals surface area contributed by atoms with Crippen molar-refractivity contribution in [2.24, 2.45) is 0 Å². The van der Waals surface area contributed by atoms with E-state index < -0.39 is 30.5 Å². The zero-order valence-electron chi connectivity index (χ0n) is 17.5. The number of fused-ring (bicyclic) bond motifs is 1. The van der Waals surface area contributed by atoms with Gasteiger partial charge in [-0.15, -0.1) is 0 Å². The molecule has 0 bridgehead atoms. The largest absolute Gasteiger partial charge is 0.416 e. The SMILES string of the molecule is O=C(Nc1ccc(C(F)(F)F)cc1)Nc1c[nH]c2ccc(N3CCN(C(F)C(F)F)CC3)nc12. The number of carbonyl (C=O) groups excluding carboxylic acids is 1. The number of nitrogens with zero attached hydrogens (tertiary/aromatic N) is 3. The van der Waals surface area contributed by atoms with E-state index in [0.29, 0.717) is 35.6 Å². The van der Waals surface area contributed by atoms with Crippen LogP contribution in [0, 0.1) is 0 Å². The number of aromatic nitrogens is 2. The summed E-state index contributed by atoms with van der Waals surface area (Å²) in [4.78, 5) is 22.7. The second kappa shape index (κ2) is 9.41. The lowest BCUT2D eigenvalue weighted by Crippen LogP contribution is -2.51. The van der Waals surface area contributed by atoms with E-state index in [9.17, 15) is 31.1 Å². The molecule has 3 aromatic rings. The van der Waals surface area contributed by atoms with Crippen molar-refractivity contribution in [2.75, 3.05) is 41.7 Å². The summed E-state index contributed by atoms with van der Waals surface area (Å²) >= 11 is 0. The van der Waals surface area contributed by atoms with Gasteiger partial charge < -0.3 is 20.5 Å². The molecule has 34 heavy (non-hydrogen) atoms. The second-order valence-electron chi connectivity index (χ2n) is 7.65. The molecule has 0 radical (unpaired) electrons. The summed E-state index contributed by atoms with van der Waals surface area (Å²) in [5.41, 5.74) is 0.726. The zero-order valence-corrected chi connectivity index (χ0v) is 17.5. The molecule has 0 saturated carbocycles. The van der Waals surface area contributed by atoms with Crippen LogP contribution in [0.1, 0.15) is 5.56 Å². The lowest BCUT2D eigenvalue weighted by molar-refractivity contribution is -0.137. The van der Waals surface area contributed by atoms with Gasteiger partial charge in [0.25, 0.3) is 6.43 Å². The van der Waals surface area contributed by atoms with Gasteiger partial charge in [0.2, 0.25) is 6.30 Å². The van der Waals surface area contributed by atoms with Gasteiger partial charge in [-0.1, -0.05) is 0 Å². The molecular formula is C21H20F6N6O. The number of amides is 2. The summed E-state index contributed by atoms with van der Waals surface area (Å²) in [6, 6.07) is 6.79. The third kappa shape index (κ3) is 5.19. The number of alkyl halides is 6. The van der Waals surface area contributed by atoms with Crippen molar-refractivity contribution in [3.8, 4) is 0 Å². The Hall–Kier alpha value is -3.48. The molecule has 3 N–H and O–H groups in total. The van der Waals surface area contributed by atoms with Crippen LogP contribution >= 0.6 is 0 Å². The summed E-state index contributed by atoms with van der Waals surface area (Å²) < 4.78 is 76.8. The second-order valence-corrected chi connectivity index (χ2v) is 7.65. The lowest BCUT2D eigenvalue weighted by Gasteiger charge is -2.36. The Morgan fingerprint density at radius 3 is 2.26 bits per heavy atom. The minimum absolute atomic E-state index is 0.110. The third-order valence-corrected chi connectivity index (χ3v) is 5.42. The van der Waals surface area contributed by atoms with E-state index in [0.717, 1.165) is 29.2 Å². The number of H-pyrrole nitrogens is 1. The number of benzene rings is 1. The van der Waals surface area contributed by atoms with Crippen molar-refractivity contribution in [1.82, 2.24) is 14.9 Å². The number of anilines is 3. The van der Waals surface area contributed by atoms with Gasteiger partial charge in [-0.2, -0.15) is 13.2 Å². The standard InChI is InChI=1S/C21H20F6N6O/c22-18(23)19(24)33-9-7-32(8-10-33)16-6-5-14-17(31-16)15(11-28-14)30-20(34)29-13-3-1-12(2-4-13)21(25,26)27/h1-6,11,18-19,28H,7-10H2,(H2,29,30,34). The van der Waals surface area contributed by atoms with Crippen LogP contribution in [0.5, 0.6) is 0 Å². The number of carbonyl (C=O) groups is 1. The molecule has 0 spiro atoms. The highest BCUT2D eigenvalue weighted by atomic mass is 19.4. The summed E-state index contributed by atoms with van der Waals surface area (Å²) in [5.74, 6) is 0.533. The first-order valence-electron chi connectivity index (χ1n) is 10.3. The van der Waals surface area contributed by atoms with Crippen LogP contribution in [0.4, 0.5) is 48.3 Å². The summed E-state index contributed by atoms with van der Waals surface area (Å²) in [7, 11) is 0. The maximum Gasteiger partial charge on any atom is 0.416 e. The minimum atomic E-state index is -4.47. The van der Waals surface area contributed by atoms with Gasteiger partial charge >= 0.3 is 12.2 Å². The van der Waals surface area contributed by atoms with Crippen LogP contribution in [-0.4, -0.2) is 59.8 Å². The lowest BCUT2D eigenvalue weighted by atomic mass is 10.2. The number of urea groups is 1. The number of rotatable bonds is 5. The zero-order chi connectivity index (χ0) is 24.5. The summed E-state index contributed by atoms with van der Waals surface area (Å²) in [6.07, 6.45) is -8.33. The van der Waals surface area contributed by atoms with Gasteiger partial charge in [0.1, 0.15) is 11.3 Å². The Kier molecular flexibility index (Phi) is 6.55. The first-order chi connectivity index (χ1) is 16.1. The molecule has 4 rings (SSSR count). The molecule has 182 valence electrons. The number of aromatic amines is 1. The third-order valence-electron chi connectivity index (χ3n) is 5.42. The van der Waals surface area contributed by atoms with E-state index in [1.807, 2.05) is 4.90 Å². The molecule has 1 aliphatic heterocycles. The fraction of sp³-hybridized carbons (Fsp3) is 0.333. The number of halogens is 6. The molecule has 1 atom stereocenters. The van der Waals surface area contributed by atoms with Crippen LogP contribution in [0.3, 0.4) is 0 Å². The maximum atomic E-state index is 13.6. The highest BCUT2D eigenvalue weighted by molar-refractivity contribution is 6.05. The smallest absolute Gasteiger partial charge is 0.358 e. The van der Waals surface area contributed by atoms with Gasteiger partial charge in [0.05, 0.1) is 16.8 Å². The van der Waals surface area contributed by atoms with E-state index in [2.05, 4.69) is 20.6 Å². The molecular weight excluding hydrogens is 466 g/mol. The summed E-state index contributed by atoms with van der Waals surface area (Å²) in [6.45, 7) is 0.818. The van der Waals surface area contributed by atoms with Crippen molar-refractivity contribution in [3.05, 3.63) is 48.2 Å². The number of hydrogen-bond donors (Lipinski definition) is 3. The molecule has 2 aromatic heterocycles. The van der Waals surface area contributed by atoms with Crippen LogP contribution in [0.15, 0.2) is 42.6 Å². The molecule has 3 heterocycles. The molecule has 13 heteroatoms. The molecule has 1 unspecified atom stereocenters. The van der Waals surface area contributed by atoms with Gasteiger partial charge in [-0.25, -0.2) is 22.9 Å². The van der Waals surface area contributed by atoms with Crippen molar-refractivity contribution >= 4 is 34.3 Å². The Labute approximate surface area is 189 Å². The van der Waals surface area contributed by atoms with Crippen molar-refractivity contribution in [3.63, 3.8) is 0 Å². The van der Waals surface area contributed by atoms with Gasteiger partial charge in [0.15, 0.2) is 0 Å². The molecule has 1 aliphatic rings. The van der Waals surface area contributed by atoms with Gasteiger partial charge in [-0.05, 0) is 36.4 Å². The fourth-order valence-electron chi connectivity index (χ4n) is 3.64. The Bertz CT molecular complexity index is 1140. The monoisotopic (exact) mass is 486 g/mol. The van der Waals surface area contributed by atoms with Crippen LogP contribution in [0.25, 0.3) is 11.0 Å². The van der Waals surface area contributed by atoms with E-state index in [1.165, 1.54) is 6.20 Å². The average molecular weight is 486 g/mol. The predicted molar refractivity (Wildman–Crippen MR) is 115 cm³/mol. The highest BCUT2D eigenvalue weighted by Crippen LogP contribution is 2.30. The molecule has 7 nitrogen and oxygen atoms in total. The van der Waals surface area contributed by atoms with E-state index in [4.69, 9.17) is 0 Å². The summed E-state index contributed by atoms with van der Waals surface area (Å²) in [5, 5.41) is 5.05. The van der Waals surface area contributed by atoms with Crippen molar-refractivity contribution in [2.45, 2.75) is 18.9 Å². The number of piperazine rings is 1. The Morgan fingerprint density at radius 2 is 1.65 bits per heavy atom. The van der Waals surface area contributed by atoms with Crippen molar-refractivity contribution < 1.29 is 31.1 Å². The maximum absolute atomic E-state index is 13.6. The first-order valence-corrected chi connectivity index (χ1v) is 10.3. The van der Waals surface area contributed by atoms with Gasteiger partial charge in [0, 0.05) is 38.1 Å². The first kappa shape index (κ1) is 23.7. The van der Waals surface area contributed by atoms with E-state index in [1.54, 1.807) is 12.1 Å². The van der Waals surface area contributed by atoms with Crippen LogP contribution < -0.4 is 15.5 Å².